The van der Waals surface area contributed by atoms with Gasteiger partial charge in [0.25, 0.3) is 11.5 Å². The van der Waals surface area contributed by atoms with E-state index in [-0.39, 0.29) is 17.9 Å². The van der Waals surface area contributed by atoms with Gasteiger partial charge in [0.05, 0.1) is 6.54 Å². The fourth-order valence-electron chi connectivity index (χ4n) is 2.43. The second-order valence-electron chi connectivity index (χ2n) is 5.45. The van der Waals surface area contributed by atoms with Crippen LogP contribution in [0.4, 0.5) is 10.1 Å². The molecule has 126 valence electrons. The van der Waals surface area contributed by atoms with Crippen molar-refractivity contribution in [1.29, 1.82) is 0 Å². The van der Waals surface area contributed by atoms with Crippen LogP contribution in [-0.4, -0.2) is 10.5 Å². The SMILES string of the molecule is O=C(Nc1cccc(Cl)c1)c1cccn(Cc2cccc(F)c2)c1=O. The number of hydrogen-bond donors (Lipinski definition) is 1. The fourth-order valence-corrected chi connectivity index (χ4v) is 2.62. The molecule has 0 spiro atoms. The lowest BCUT2D eigenvalue weighted by Crippen LogP contribution is -2.29. The van der Waals surface area contributed by atoms with Crippen LogP contribution in [0.1, 0.15) is 15.9 Å². The number of nitrogens with one attached hydrogen (secondary N) is 1. The number of benzene rings is 2. The van der Waals surface area contributed by atoms with E-state index in [1.807, 2.05) is 0 Å². The van der Waals surface area contributed by atoms with Crippen LogP contribution in [0, 0.1) is 5.82 Å². The predicted molar refractivity (Wildman–Crippen MR) is 95.6 cm³/mol. The van der Waals surface area contributed by atoms with Crippen molar-refractivity contribution in [3.05, 3.63) is 99.2 Å². The number of aromatic nitrogens is 1. The molecule has 0 saturated carbocycles. The zero-order valence-corrected chi connectivity index (χ0v) is 13.8. The van der Waals surface area contributed by atoms with Crippen molar-refractivity contribution in [2.24, 2.45) is 0 Å². The summed E-state index contributed by atoms with van der Waals surface area (Å²) in [7, 11) is 0. The van der Waals surface area contributed by atoms with Gasteiger partial charge in [-0.15, -0.1) is 0 Å². The largest absolute Gasteiger partial charge is 0.322 e. The first-order chi connectivity index (χ1) is 12.0. The molecule has 0 aliphatic rings. The molecule has 1 heterocycles. The van der Waals surface area contributed by atoms with Crippen molar-refractivity contribution < 1.29 is 9.18 Å². The number of pyridine rings is 1. The Morgan fingerprint density at radius 3 is 2.64 bits per heavy atom. The van der Waals surface area contributed by atoms with Gasteiger partial charge >= 0.3 is 0 Å². The minimum absolute atomic E-state index is 0.00104. The third-order valence-electron chi connectivity index (χ3n) is 3.59. The Bertz CT molecular complexity index is 985. The van der Waals surface area contributed by atoms with Crippen molar-refractivity contribution in [2.75, 3.05) is 5.32 Å². The fraction of sp³-hybridized carbons (Fsp3) is 0.0526. The normalized spacial score (nSPS) is 10.5. The maximum Gasteiger partial charge on any atom is 0.263 e. The monoisotopic (exact) mass is 356 g/mol. The van der Waals surface area contributed by atoms with E-state index in [0.717, 1.165) is 0 Å². The molecule has 0 saturated heterocycles. The van der Waals surface area contributed by atoms with Crippen molar-refractivity contribution in [3.8, 4) is 0 Å². The van der Waals surface area contributed by atoms with E-state index in [2.05, 4.69) is 5.32 Å². The molecular formula is C19H14ClFN2O2. The van der Waals surface area contributed by atoms with Gasteiger partial charge in [0, 0.05) is 16.9 Å². The molecule has 3 rings (SSSR count). The number of carbonyl (C=O) groups is 1. The van der Waals surface area contributed by atoms with Crippen LogP contribution in [0.3, 0.4) is 0 Å². The highest BCUT2D eigenvalue weighted by atomic mass is 35.5. The van der Waals surface area contributed by atoms with E-state index in [9.17, 15) is 14.0 Å². The molecule has 0 aliphatic heterocycles. The first-order valence-corrected chi connectivity index (χ1v) is 7.91. The Morgan fingerprint density at radius 2 is 1.88 bits per heavy atom. The van der Waals surface area contributed by atoms with Crippen LogP contribution < -0.4 is 10.9 Å². The summed E-state index contributed by atoms with van der Waals surface area (Å²) in [6.07, 6.45) is 1.56. The van der Waals surface area contributed by atoms with Crippen molar-refractivity contribution >= 4 is 23.2 Å². The minimum Gasteiger partial charge on any atom is -0.322 e. The number of anilines is 1. The van der Waals surface area contributed by atoms with E-state index >= 15 is 0 Å². The van der Waals surface area contributed by atoms with Crippen LogP contribution in [0.5, 0.6) is 0 Å². The summed E-state index contributed by atoms with van der Waals surface area (Å²) in [6, 6.07) is 15.7. The Morgan fingerprint density at radius 1 is 1.08 bits per heavy atom. The lowest BCUT2D eigenvalue weighted by molar-refractivity contribution is 0.102. The molecule has 4 nitrogen and oxygen atoms in total. The van der Waals surface area contributed by atoms with Crippen LogP contribution in [0.25, 0.3) is 0 Å². The first-order valence-electron chi connectivity index (χ1n) is 7.54. The minimum atomic E-state index is -0.527. The van der Waals surface area contributed by atoms with Gasteiger partial charge in [0.2, 0.25) is 0 Å². The first kappa shape index (κ1) is 16.9. The van der Waals surface area contributed by atoms with Gasteiger partial charge < -0.3 is 9.88 Å². The zero-order valence-electron chi connectivity index (χ0n) is 13.1. The van der Waals surface area contributed by atoms with E-state index < -0.39 is 11.5 Å². The molecular weight excluding hydrogens is 343 g/mol. The lowest BCUT2D eigenvalue weighted by atomic mass is 10.2. The number of nitrogens with zero attached hydrogens (tertiary/aromatic N) is 1. The van der Waals surface area contributed by atoms with Crippen molar-refractivity contribution in [1.82, 2.24) is 4.57 Å². The summed E-state index contributed by atoms with van der Waals surface area (Å²) in [5.74, 6) is -0.902. The van der Waals surface area contributed by atoms with Gasteiger partial charge in [0.15, 0.2) is 0 Å². The van der Waals surface area contributed by atoms with Gasteiger partial charge in [-0.25, -0.2) is 4.39 Å². The Labute approximate surface area is 148 Å². The summed E-state index contributed by atoms with van der Waals surface area (Å²) < 4.78 is 14.7. The standard InChI is InChI=1S/C19H14ClFN2O2/c20-14-5-2-7-16(11-14)22-18(24)17-8-3-9-23(19(17)25)12-13-4-1-6-15(21)10-13/h1-11H,12H2,(H,22,24). The molecule has 0 unspecified atom stereocenters. The van der Waals surface area contributed by atoms with Crippen LogP contribution in [-0.2, 0) is 6.54 Å². The summed E-state index contributed by atoms with van der Waals surface area (Å²) in [6.45, 7) is 0.175. The predicted octanol–water partition coefficient (Wildman–Crippen LogP) is 3.94. The van der Waals surface area contributed by atoms with E-state index in [0.29, 0.717) is 16.3 Å². The second kappa shape index (κ2) is 7.32. The van der Waals surface area contributed by atoms with E-state index in [1.165, 1.54) is 22.8 Å². The number of halogens is 2. The lowest BCUT2D eigenvalue weighted by Gasteiger charge is -2.09. The molecule has 0 bridgehead atoms. The highest BCUT2D eigenvalue weighted by Gasteiger charge is 2.13. The summed E-state index contributed by atoms with van der Waals surface area (Å²) in [5, 5.41) is 3.12. The molecule has 1 amide bonds. The smallest absolute Gasteiger partial charge is 0.263 e. The van der Waals surface area contributed by atoms with Gasteiger partial charge in [-0.2, -0.15) is 0 Å². The number of rotatable bonds is 4. The highest BCUT2D eigenvalue weighted by Crippen LogP contribution is 2.15. The Kier molecular flexibility index (Phi) is 4.95. The summed E-state index contributed by atoms with van der Waals surface area (Å²) >= 11 is 5.89. The molecule has 0 radical (unpaired) electrons. The maximum absolute atomic E-state index is 13.3. The van der Waals surface area contributed by atoms with E-state index in [1.54, 1.807) is 48.7 Å². The van der Waals surface area contributed by atoms with Gasteiger partial charge in [-0.05, 0) is 48.0 Å². The molecule has 6 heteroatoms. The third-order valence-corrected chi connectivity index (χ3v) is 3.82. The molecule has 25 heavy (non-hydrogen) atoms. The van der Waals surface area contributed by atoms with Gasteiger partial charge in [-0.3, -0.25) is 9.59 Å². The van der Waals surface area contributed by atoms with Crippen molar-refractivity contribution in [3.63, 3.8) is 0 Å². The molecule has 1 N–H and O–H groups in total. The molecule has 0 aliphatic carbocycles. The van der Waals surface area contributed by atoms with Crippen LogP contribution in [0.2, 0.25) is 5.02 Å². The Hall–Kier alpha value is -2.92. The van der Waals surface area contributed by atoms with Crippen LogP contribution in [0.15, 0.2) is 71.7 Å². The quantitative estimate of drug-likeness (QED) is 0.769. The maximum atomic E-state index is 13.3. The van der Waals surface area contributed by atoms with E-state index in [4.69, 9.17) is 11.6 Å². The third kappa shape index (κ3) is 4.14. The topological polar surface area (TPSA) is 51.1 Å². The number of hydrogen-bond acceptors (Lipinski definition) is 2. The zero-order chi connectivity index (χ0) is 17.8. The average molecular weight is 357 g/mol. The molecule has 1 aromatic heterocycles. The Balaban J connectivity index is 1.85. The van der Waals surface area contributed by atoms with Gasteiger partial charge in [-0.1, -0.05) is 29.8 Å². The summed E-state index contributed by atoms with van der Waals surface area (Å²) in [5.41, 5.74) is 0.678. The molecule has 0 fully saturated rings. The van der Waals surface area contributed by atoms with Crippen LogP contribution >= 0.6 is 11.6 Å². The molecule has 2 aromatic carbocycles. The average Bonchev–Trinajstić information content (AvgIpc) is 2.57. The molecule has 0 atom stereocenters. The number of amides is 1. The summed E-state index contributed by atoms with van der Waals surface area (Å²) in [4.78, 5) is 24.9. The second-order valence-corrected chi connectivity index (χ2v) is 5.89. The molecule has 3 aromatic rings. The highest BCUT2D eigenvalue weighted by molar-refractivity contribution is 6.30. The van der Waals surface area contributed by atoms with Crippen molar-refractivity contribution in [2.45, 2.75) is 6.54 Å². The van der Waals surface area contributed by atoms with Gasteiger partial charge in [0.1, 0.15) is 11.4 Å². The number of carbonyl (C=O) groups excluding carboxylic acids is 1.